The van der Waals surface area contributed by atoms with Crippen molar-refractivity contribution in [2.24, 2.45) is 0 Å². The SMILES string of the molecule is O=c1[nH]nc2c3cc(F)ccc3n(Cc3ccccc3F)cc1-2. The molecule has 0 unspecified atom stereocenters. The highest BCUT2D eigenvalue weighted by Gasteiger charge is 2.17. The summed E-state index contributed by atoms with van der Waals surface area (Å²) in [7, 11) is 0. The standard InChI is InChI=1S/C17H11F2N3O/c18-11-5-6-15-12(7-11)16-13(17(23)21-20-16)9-22(15)8-10-3-1-2-4-14(10)19/h1-7,9H,8H2,(H,21,23). The molecule has 0 amide bonds. The van der Waals surface area contributed by atoms with Gasteiger partial charge in [-0.25, -0.2) is 13.9 Å². The highest BCUT2D eigenvalue weighted by molar-refractivity contribution is 5.93. The molecule has 6 heteroatoms. The van der Waals surface area contributed by atoms with E-state index in [1.165, 1.54) is 18.2 Å². The summed E-state index contributed by atoms with van der Waals surface area (Å²) in [4.78, 5) is 11.9. The summed E-state index contributed by atoms with van der Waals surface area (Å²) in [6.07, 6.45) is 1.62. The molecule has 1 N–H and O–H groups in total. The molecule has 0 bridgehead atoms. The van der Waals surface area contributed by atoms with Crippen LogP contribution in [0.15, 0.2) is 53.5 Å². The average Bonchev–Trinajstić information content (AvgIpc) is 2.91. The molecule has 23 heavy (non-hydrogen) atoms. The minimum Gasteiger partial charge on any atom is -0.342 e. The zero-order valence-electron chi connectivity index (χ0n) is 11.9. The summed E-state index contributed by atoms with van der Waals surface area (Å²) in [6.45, 7) is 0.232. The third-order valence-electron chi connectivity index (χ3n) is 3.88. The largest absolute Gasteiger partial charge is 0.342 e. The number of nitrogens with zero attached hydrogens (tertiary/aromatic N) is 2. The molecule has 0 aliphatic carbocycles. The first-order valence-electron chi connectivity index (χ1n) is 7.03. The molecule has 0 spiro atoms. The first-order chi connectivity index (χ1) is 11.1. The normalized spacial score (nSPS) is 11.4. The van der Waals surface area contributed by atoms with E-state index in [-0.39, 0.29) is 17.9 Å². The van der Waals surface area contributed by atoms with Crippen LogP contribution in [0.4, 0.5) is 8.78 Å². The Hall–Kier alpha value is -3.02. The first-order valence-corrected chi connectivity index (χ1v) is 7.03. The van der Waals surface area contributed by atoms with Gasteiger partial charge in [0.25, 0.3) is 5.56 Å². The summed E-state index contributed by atoms with van der Waals surface area (Å²) >= 11 is 0. The minimum atomic E-state index is -0.419. The number of aromatic nitrogens is 3. The predicted molar refractivity (Wildman–Crippen MR) is 82.4 cm³/mol. The summed E-state index contributed by atoms with van der Waals surface area (Å²) in [5, 5.41) is 6.85. The molecule has 2 aromatic rings. The number of fused-ring (bicyclic) bond motifs is 3. The fourth-order valence-electron chi connectivity index (χ4n) is 2.77. The fraction of sp³-hybridized carbons (Fsp3) is 0.0588. The van der Waals surface area contributed by atoms with Gasteiger partial charge in [0.1, 0.15) is 17.3 Å². The van der Waals surface area contributed by atoms with Crippen molar-refractivity contribution in [1.82, 2.24) is 14.8 Å². The zero-order chi connectivity index (χ0) is 16.0. The fourth-order valence-corrected chi connectivity index (χ4v) is 2.77. The number of benzene rings is 2. The molecule has 2 aromatic carbocycles. The molecule has 2 aliphatic heterocycles. The Labute approximate surface area is 129 Å². The predicted octanol–water partition coefficient (Wildman–Crippen LogP) is 3.16. The van der Waals surface area contributed by atoms with E-state index >= 15 is 0 Å². The molecular formula is C17H11F2N3O. The van der Waals surface area contributed by atoms with Gasteiger partial charge in [-0.2, -0.15) is 5.10 Å². The van der Waals surface area contributed by atoms with E-state index in [9.17, 15) is 13.6 Å². The number of hydrogen-bond acceptors (Lipinski definition) is 2. The molecular weight excluding hydrogens is 300 g/mol. The van der Waals surface area contributed by atoms with Gasteiger partial charge in [-0.3, -0.25) is 4.79 Å². The van der Waals surface area contributed by atoms with Crippen LogP contribution in [0.2, 0.25) is 0 Å². The van der Waals surface area contributed by atoms with Crippen LogP contribution in [0.25, 0.3) is 22.2 Å². The number of hydrogen-bond donors (Lipinski definition) is 1. The molecule has 0 saturated heterocycles. The summed E-state index contributed by atoms with van der Waals surface area (Å²) in [6, 6.07) is 10.7. The molecule has 0 atom stereocenters. The van der Waals surface area contributed by atoms with Gasteiger partial charge in [0, 0.05) is 17.1 Å². The van der Waals surface area contributed by atoms with Crippen LogP contribution in [0.1, 0.15) is 5.56 Å². The van der Waals surface area contributed by atoms with Crippen molar-refractivity contribution in [3.8, 4) is 11.3 Å². The second-order valence-electron chi connectivity index (χ2n) is 5.32. The highest BCUT2D eigenvalue weighted by Crippen LogP contribution is 2.28. The Bertz CT molecular complexity index is 1050. The van der Waals surface area contributed by atoms with E-state index < -0.39 is 5.82 Å². The van der Waals surface area contributed by atoms with Crippen molar-refractivity contribution in [1.29, 1.82) is 0 Å². The second kappa shape index (κ2) is 5.01. The van der Waals surface area contributed by atoms with Crippen molar-refractivity contribution in [3.05, 3.63) is 76.2 Å². The highest BCUT2D eigenvalue weighted by atomic mass is 19.1. The van der Waals surface area contributed by atoms with Crippen molar-refractivity contribution >= 4 is 10.9 Å². The van der Waals surface area contributed by atoms with E-state index in [1.54, 1.807) is 35.0 Å². The van der Waals surface area contributed by atoms with Crippen molar-refractivity contribution in [2.45, 2.75) is 6.54 Å². The number of pyridine rings is 1. The molecule has 0 saturated carbocycles. The number of halogens is 2. The maximum absolute atomic E-state index is 13.9. The van der Waals surface area contributed by atoms with Crippen molar-refractivity contribution in [2.75, 3.05) is 0 Å². The number of rotatable bonds is 2. The monoisotopic (exact) mass is 311 g/mol. The third kappa shape index (κ3) is 2.19. The lowest BCUT2D eigenvalue weighted by Gasteiger charge is -2.14. The Kier molecular flexibility index (Phi) is 2.97. The van der Waals surface area contributed by atoms with E-state index in [0.717, 1.165) is 0 Å². The van der Waals surface area contributed by atoms with Crippen LogP contribution in [0, 0.1) is 11.6 Å². The lowest BCUT2D eigenvalue weighted by atomic mass is 10.1. The third-order valence-corrected chi connectivity index (χ3v) is 3.88. The minimum absolute atomic E-state index is 0.232. The van der Waals surface area contributed by atoms with E-state index in [2.05, 4.69) is 10.2 Å². The Morgan fingerprint density at radius 2 is 1.96 bits per heavy atom. The van der Waals surface area contributed by atoms with Crippen molar-refractivity contribution < 1.29 is 8.78 Å². The second-order valence-corrected chi connectivity index (χ2v) is 5.32. The summed E-state index contributed by atoms with van der Waals surface area (Å²) in [5.41, 5.74) is 1.56. The molecule has 4 rings (SSSR count). The van der Waals surface area contributed by atoms with Crippen LogP contribution >= 0.6 is 0 Å². The molecule has 0 aromatic heterocycles. The van der Waals surface area contributed by atoms with E-state index in [0.29, 0.717) is 27.7 Å². The zero-order valence-corrected chi connectivity index (χ0v) is 11.9. The van der Waals surface area contributed by atoms with Crippen LogP contribution in [-0.2, 0) is 6.54 Å². The smallest absolute Gasteiger partial charge is 0.275 e. The summed E-state index contributed by atoms with van der Waals surface area (Å²) in [5.74, 6) is -0.747. The van der Waals surface area contributed by atoms with E-state index in [1.807, 2.05) is 0 Å². The van der Waals surface area contributed by atoms with Gasteiger partial charge in [0.2, 0.25) is 0 Å². The van der Waals surface area contributed by atoms with Gasteiger partial charge in [-0.1, -0.05) is 18.2 Å². The molecule has 4 nitrogen and oxygen atoms in total. The molecule has 2 heterocycles. The molecule has 114 valence electrons. The number of aromatic amines is 1. The lowest BCUT2D eigenvalue weighted by Crippen LogP contribution is -2.08. The molecule has 0 fully saturated rings. The maximum atomic E-state index is 13.9. The van der Waals surface area contributed by atoms with Gasteiger partial charge >= 0.3 is 0 Å². The Balaban J connectivity index is 2.01. The topological polar surface area (TPSA) is 50.7 Å². The quantitative estimate of drug-likeness (QED) is 0.618. The maximum Gasteiger partial charge on any atom is 0.275 e. The van der Waals surface area contributed by atoms with Crippen LogP contribution < -0.4 is 5.56 Å². The van der Waals surface area contributed by atoms with Crippen molar-refractivity contribution in [3.63, 3.8) is 0 Å². The van der Waals surface area contributed by atoms with Gasteiger partial charge in [0.15, 0.2) is 0 Å². The number of H-pyrrole nitrogens is 1. The van der Waals surface area contributed by atoms with Crippen LogP contribution in [0.3, 0.4) is 0 Å². The molecule has 2 aliphatic rings. The number of nitrogens with one attached hydrogen (secondary N) is 1. The van der Waals surface area contributed by atoms with Gasteiger partial charge < -0.3 is 4.57 Å². The van der Waals surface area contributed by atoms with Crippen LogP contribution in [0.5, 0.6) is 0 Å². The van der Waals surface area contributed by atoms with Crippen LogP contribution in [-0.4, -0.2) is 14.8 Å². The van der Waals surface area contributed by atoms with Gasteiger partial charge in [0.05, 0.1) is 17.6 Å². The van der Waals surface area contributed by atoms with Gasteiger partial charge in [-0.15, -0.1) is 0 Å². The Morgan fingerprint density at radius 3 is 2.78 bits per heavy atom. The van der Waals surface area contributed by atoms with E-state index in [4.69, 9.17) is 0 Å². The first kappa shape index (κ1) is 13.6. The summed E-state index contributed by atoms with van der Waals surface area (Å²) < 4.78 is 29.3. The lowest BCUT2D eigenvalue weighted by molar-refractivity contribution is 0.601. The molecule has 0 radical (unpaired) electrons. The van der Waals surface area contributed by atoms with Gasteiger partial charge in [-0.05, 0) is 24.3 Å². The Morgan fingerprint density at radius 1 is 1.13 bits per heavy atom. The average molecular weight is 311 g/mol.